The van der Waals surface area contributed by atoms with E-state index in [-0.39, 0.29) is 10.8 Å². The minimum atomic E-state index is 0.107. The highest BCUT2D eigenvalue weighted by molar-refractivity contribution is 6.21. The topological polar surface area (TPSA) is 9.23 Å². The van der Waals surface area contributed by atoms with E-state index in [9.17, 15) is 0 Å². The van der Waals surface area contributed by atoms with Crippen LogP contribution in [0.5, 0.6) is 5.75 Å². The van der Waals surface area contributed by atoms with Gasteiger partial charge in [0.25, 0.3) is 0 Å². The second-order valence-corrected chi connectivity index (χ2v) is 8.53. The third kappa shape index (κ3) is 2.59. The Labute approximate surface area is 134 Å². The van der Waals surface area contributed by atoms with Gasteiger partial charge in [-0.2, -0.15) is 0 Å². The highest BCUT2D eigenvalue weighted by atomic mass is 35.5. The molecule has 2 aliphatic rings. The second kappa shape index (κ2) is 5.19. The van der Waals surface area contributed by atoms with Gasteiger partial charge < -0.3 is 4.74 Å². The minimum absolute atomic E-state index is 0.107. The predicted molar refractivity (Wildman–Crippen MR) is 89.5 cm³/mol. The predicted octanol–water partition coefficient (Wildman–Crippen LogP) is 5.61. The fraction of sp³-hybridized carbons (Fsp3) is 0.684. The lowest BCUT2D eigenvalue weighted by Crippen LogP contribution is -2.55. The van der Waals surface area contributed by atoms with Crippen molar-refractivity contribution in [2.75, 3.05) is 0 Å². The summed E-state index contributed by atoms with van der Waals surface area (Å²) >= 11 is 6.55. The van der Waals surface area contributed by atoms with Crippen LogP contribution in [-0.4, -0.2) is 11.5 Å². The van der Waals surface area contributed by atoms with Crippen LogP contribution in [0.1, 0.15) is 64.0 Å². The molecular weight excluding hydrogens is 280 g/mol. The Morgan fingerprint density at radius 3 is 2.43 bits per heavy atom. The summed E-state index contributed by atoms with van der Waals surface area (Å²) in [6.07, 6.45) is 6.40. The largest absolute Gasteiger partial charge is 0.489 e. The summed E-state index contributed by atoms with van der Waals surface area (Å²) in [5.74, 6) is 1.07. The summed E-state index contributed by atoms with van der Waals surface area (Å²) in [7, 11) is 0. The van der Waals surface area contributed by atoms with E-state index in [0.717, 1.165) is 12.2 Å². The van der Waals surface area contributed by atoms with E-state index in [2.05, 4.69) is 45.9 Å². The molecule has 21 heavy (non-hydrogen) atoms. The molecule has 1 aromatic carbocycles. The van der Waals surface area contributed by atoms with E-state index in [4.69, 9.17) is 16.3 Å². The van der Waals surface area contributed by atoms with Crippen LogP contribution in [-0.2, 0) is 5.41 Å². The molecule has 2 saturated carbocycles. The fourth-order valence-corrected chi connectivity index (χ4v) is 4.55. The van der Waals surface area contributed by atoms with Crippen molar-refractivity contribution in [3.05, 3.63) is 29.3 Å². The third-order valence-corrected chi connectivity index (χ3v) is 6.05. The SMILES string of the molecule is Cc1ccc(C(C)(C)C)c(OC2CC(Cl)C23CCCC3)c1. The Morgan fingerprint density at radius 1 is 1.19 bits per heavy atom. The maximum absolute atomic E-state index is 6.55. The van der Waals surface area contributed by atoms with Crippen molar-refractivity contribution in [3.63, 3.8) is 0 Å². The quantitative estimate of drug-likeness (QED) is 0.645. The van der Waals surface area contributed by atoms with Crippen molar-refractivity contribution in [2.24, 2.45) is 5.41 Å². The van der Waals surface area contributed by atoms with Gasteiger partial charge in [-0.1, -0.05) is 45.7 Å². The van der Waals surface area contributed by atoms with E-state index < -0.39 is 0 Å². The Bertz CT molecular complexity index is 523. The van der Waals surface area contributed by atoms with Gasteiger partial charge >= 0.3 is 0 Å². The fourth-order valence-electron chi connectivity index (χ4n) is 4.03. The van der Waals surface area contributed by atoms with Crippen LogP contribution < -0.4 is 4.74 Å². The van der Waals surface area contributed by atoms with Gasteiger partial charge in [0.05, 0.1) is 0 Å². The van der Waals surface area contributed by atoms with Gasteiger partial charge in [0.1, 0.15) is 11.9 Å². The molecule has 0 aliphatic heterocycles. The van der Waals surface area contributed by atoms with E-state index in [0.29, 0.717) is 11.5 Å². The van der Waals surface area contributed by atoms with E-state index in [1.165, 1.54) is 36.8 Å². The molecule has 116 valence electrons. The van der Waals surface area contributed by atoms with E-state index in [1.54, 1.807) is 0 Å². The number of rotatable bonds is 2. The molecule has 1 spiro atoms. The highest BCUT2D eigenvalue weighted by Gasteiger charge is 2.57. The summed E-state index contributed by atoms with van der Waals surface area (Å²) in [5.41, 5.74) is 2.93. The molecule has 1 nitrogen and oxygen atoms in total. The zero-order chi connectivity index (χ0) is 15.3. The van der Waals surface area contributed by atoms with Crippen molar-refractivity contribution in [2.45, 2.75) is 76.7 Å². The molecule has 0 aromatic heterocycles. The lowest BCUT2D eigenvalue weighted by atomic mass is 9.64. The van der Waals surface area contributed by atoms with Crippen LogP contribution in [0.25, 0.3) is 0 Å². The normalized spacial score (nSPS) is 27.7. The third-order valence-electron chi connectivity index (χ3n) is 5.43. The van der Waals surface area contributed by atoms with Crippen molar-refractivity contribution in [3.8, 4) is 5.75 Å². The van der Waals surface area contributed by atoms with Gasteiger partial charge in [0.2, 0.25) is 0 Å². The van der Waals surface area contributed by atoms with E-state index in [1.807, 2.05) is 0 Å². The molecule has 0 amide bonds. The number of alkyl halides is 1. The first kappa shape index (κ1) is 15.2. The maximum atomic E-state index is 6.55. The van der Waals surface area contributed by atoms with Gasteiger partial charge in [-0.15, -0.1) is 11.6 Å². The lowest BCUT2D eigenvalue weighted by Gasteiger charge is -2.51. The molecule has 0 saturated heterocycles. The number of benzene rings is 1. The van der Waals surface area contributed by atoms with Crippen molar-refractivity contribution in [1.82, 2.24) is 0 Å². The van der Waals surface area contributed by atoms with Crippen molar-refractivity contribution in [1.29, 1.82) is 0 Å². The molecule has 2 unspecified atom stereocenters. The van der Waals surface area contributed by atoms with Gasteiger partial charge in [-0.3, -0.25) is 0 Å². The summed E-state index contributed by atoms with van der Waals surface area (Å²) in [5, 5.41) is 0.313. The number of hydrogen-bond acceptors (Lipinski definition) is 1. The molecule has 0 radical (unpaired) electrons. The average Bonchev–Trinajstić information content (AvgIpc) is 2.89. The summed E-state index contributed by atoms with van der Waals surface area (Å²) in [6, 6.07) is 6.61. The molecule has 0 N–H and O–H groups in total. The summed E-state index contributed by atoms with van der Waals surface area (Å²) in [4.78, 5) is 0. The summed E-state index contributed by atoms with van der Waals surface area (Å²) in [6.45, 7) is 8.89. The second-order valence-electron chi connectivity index (χ2n) is 8.00. The van der Waals surface area contributed by atoms with Crippen molar-refractivity contribution >= 4 is 11.6 Å². The van der Waals surface area contributed by atoms with Crippen LogP contribution in [0, 0.1) is 12.3 Å². The molecule has 2 fully saturated rings. The number of aryl methyl sites for hydroxylation is 1. The van der Waals surface area contributed by atoms with Crippen LogP contribution in [0.4, 0.5) is 0 Å². The molecular formula is C19H27ClO. The van der Waals surface area contributed by atoms with Crippen LogP contribution in [0.2, 0.25) is 0 Å². The molecule has 2 aliphatic carbocycles. The monoisotopic (exact) mass is 306 g/mol. The minimum Gasteiger partial charge on any atom is -0.489 e. The number of hydrogen-bond donors (Lipinski definition) is 0. The molecule has 0 heterocycles. The first-order chi connectivity index (χ1) is 9.83. The average molecular weight is 307 g/mol. The maximum Gasteiger partial charge on any atom is 0.123 e. The van der Waals surface area contributed by atoms with Crippen LogP contribution >= 0.6 is 11.6 Å². The molecule has 0 bridgehead atoms. The standard InChI is InChI=1S/C19H27ClO/c1-13-7-8-14(18(2,3)4)15(11-13)21-17-12-16(20)19(17)9-5-6-10-19/h7-8,11,16-17H,5-6,9-10,12H2,1-4H3. The Morgan fingerprint density at radius 2 is 1.86 bits per heavy atom. The van der Waals surface area contributed by atoms with Gasteiger partial charge in [0, 0.05) is 17.2 Å². The first-order valence-corrected chi connectivity index (χ1v) is 8.68. The highest BCUT2D eigenvalue weighted by Crippen LogP contribution is 2.57. The molecule has 2 heteroatoms. The van der Waals surface area contributed by atoms with Gasteiger partial charge in [-0.05, 0) is 42.4 Å². The number of ether oxygens (including phenoxy) is 1. The smallest absolute Gasteiger partial charge is 0.123 e. The first-order valence-electron chi connectivity index (χ1n) is 8.25. The van der Waals surface area contributed by atoms with E-state index >= 15 is 0 Å². The zero-order valence-electron chi connectivity index (χ0n) is 13.7. The van der Waals surface area contributed by atoms with Gasteiger partial charge in [-0.25, -0.2) is 0 Å². The molecule has 2 atom stereocenters. The van der Waals surface area contributed by atoms with Crippen molar-refractivity contribution < 1.29 is 4.74 Å². The Kier molecular flexibility index (Phi) is 3.76. The Hall–Kier alpha value is -0.690. The summed E-state index contributed by atoms with van der Waals surface area (Å²) < 4.78 is 6.51. The molecule has 3 rings (SSSR count). The van der Waals surface area contributed by atoms with Gasteiger partial charge in [0.15, 0.2) is 0 Å². The lowest BCUT2D eigenvalue weighted by molar-refractivity contribution is -0.0364. The van der Waals surface area contributed by atoms with Crippen LogP contribution in [0.3, 0.4) is 0 Å². The molecule has 1 aromatic rings. The van der Waals surface area contributed by atoms with Crippen LogP contribution in [0.15, 0.2) is 18.2 Å². The Balaban J connectivity index is 1.87. The zero-order valence-corrected chi connectivity index (χ0v) is 14.5. The number of halogens is 1.